The molecule has 656 valence electrons. The monoisotopic (exact) mass is 1620 g/mol. The summed E-state index contributed by atoms with van der Waals surface area (Å²) in [6, 6.07) is 0.132. The quantitative estimate of drug-likeness (QED) is 0.263. The molecule has 24 heteroatoms. The average molecular weight is 1620 g/mol. The van der Waals surface area contributed by atoms with E-state index in [0.29, 0.717) is 64.5 Å². The number of thioether (sulfide) groups is 1. The fraction of sp³-hybridized carbons (Fsp3) is 0.977. The molecule has 10 heterocycles. The van der Waals surface area contributed by atoms with Gasteiger partial charge in [-0.1, -0.05) is 13.3 Å². The van der Waals surface area contributed by atoms with Gasteiger partial charge in [0.1, 0.15) is 0 Å². The third-order valence-corrected chi connectivity index (χ3v) is 27.0. The van der Waals surface area contributed by atoms with E-state index in [1.807, 2.05) is 23.6 Å². The largest absolute Gasteiger partial charge is 0.379 e. The highest BCUT2D eigenvalue weighted by atomic mass is 32.2. The molecule has 0 aromatic rings. The smallest absolute Gasteiger partial charge is 0.222 e. The lowest BCUT2D eigenvalue weighted by atomic mass is 10.0. The number of carbonyl (C=O) groups excluding carboxylic acids is 2. The summed E-state index contributed by atoms with van der Waals surface area (Å²) in [5.74, 6) is 3.50. The van der Waals surface area contributed by atoms with Gasteiger partial charge in [-0.25, -0.2) is 16.8 Å². The van der Waals surface area contributed by atoms with Gasteiger partial charge in [-0.2, -0.15) is 20.4 Å². The summed E-state index contributed by atoms with van der Waals surface area (Å²) >= 11 is 2.07. The minimum Gasteiger partial charge on any atom is -0.379 e. The molecule has 10 aliphatic rings. The maximum Gasteiger partial charge on any atom is 0.222 e. The molecular formula is C86H182N14O7S3. The second-order valence-electron chi connectivity index (χ2n) is 41.2. The van der Waals surface area contributed by atoms with Crippen molar-refractivity contribution in [2.24, 2.45) is 0 Å². The molecule has 2 amide bonds. The van der Waals surface area contributed by atoms with Crippen LogP contribution in [0.2, 0.25) is 0 Å². The number of piperazine rings is 4. The molecule has 0 bridgehead atoms. The number of hydrogen-bond donors (Lipinski definition) is 0. The summed E-state index contributed by atoms with van der Waals surface area (Å²) in [7, 11) is -3.65. The lowest BCUT2D eigenvalue weighted by molar-refractivity contribution is -0.138. The summed E-state index contributed by atoms with van der Waals surface area (Å²) in [5.41, 5.74) is 2.66. The number of likely N-dealkylation sites (tertiary alicyclic amines) is 3. The lowest BCUT2D eigenvalue weighted by Gasteiger charge is -2.42. The Labute approximate surface area is 686 Å². The fourth-order valence-corrected chi connectivity index (χ4v) is 18.3. The summed E-state index contributed by atoms with van der Waals surface area (Å²) in [6.45, 7) is 99.4. The van der Waals surface area contributed by atoms with E-state index in [1.54, 1.807) is 15.5 Å². The van der Waals surface area contributed by atoms with Crippen LogP contribution in [0.25, 0.3) is 0 Å². The first-order valence-corrected chi connectivity index (χ1v) is 47.8. The third-order valence-electron chi connectivity index (χ3n) is 22.7. The zero-order valence-electron chi connectivity index (χ0n) is 78.4. The molecule has 0 aromatic carbocycles. The average Bonchev–Trinajstić information content (AvgIpc) is 1.16. The highest BCUT2D eigenvalue weighted by Gasteiger charge is 2.34. The minimum atomic E-state index is -2.99. The van der Waals surface area contributed by atoms with Crippen LogP contribution in [0.15, 0.2) is 0 Å². The van der Waals surface area contributed by atoms with Crippen LogP contribution in [-0.4, -0.2) is 372 Å². The van der Waals surface area contributed by atoms with E-state index in [2.05, 4.69) is 262 Å². The predicted octanol–water partition coefficient (Wildman–Crippen LogP) is 13.1. The van der Waals surface area contributed by atoms with E-state index in [1.165, 1.54) is 154 Å². The van der Waals surface area contributed by atoms with E-state index in [0.717, 1.165) is 91.4 Å². The van der Waals surface area contributed by atoms with Gasteiger partial charge in [0.2, 0.25) is 31.9 Å². The van der Waals surface area contributed by atoms with Crippen molar-refractivity contribution in [1.82, 2.24) is 67.4 Å². The summed E-state index contributed by atoms with van der Waals surface area (Å²) in [5, 5.41) is 0. The Morgan fingerprint density at radius 3 is 0.991 bits per heavy atom. The second kappa shape index (κ2) is 48.7. The summed E-state index contributed by atoms with van der Waals surface area (Å²) in [4.78, 5) is 51.2. The Balaban J connectivity index is 0.000000612. The van der Waals surface area contributed by atoms with Crippen LogP contribution < -0.4 is 0 Å². The SMILES string of the molecule is CC(=O)N1CCN(C(C)(C)C)CC1.CC(C)(C)N1CCCC1.CC(C)(C)N1CCCCC1.CC(C)(C)N1CCCCC1=O.CC(C)(C)N1CCN(S(C)(=O)=O)CC1.CC(C)(C)N1CCOCC1.CC(C)(C)N1CCSCC1.CC(C)N1CCCS1(=O)=O.CCN1CCN(C(C)(C)C)CC1.CN1CCN(C(C)(C)C)CC1. The molecule has 0 N–H and O–H groups in total. The van der Waals surface area contributed by atoms with Gasteiger partial charge in [0.25, 0.3) is 0 Å². The second-order valence-corrected chi connectivity index (χ2v) is 46.5. The molecule has 0 atom stereocenters. The molecule has 10 saturated heterocycles. The topological polar surface area (TPSA) is 157 Å². The molecule has 0 unspecified atom stereocenters. The first-order valence-electron chi connectivity index (χ1n) is 43.2. The van der Waals surface area contributed by atoms with Gasteiger partial charge in [-0.3, -0.25) is 48.8 Å². The fourth-order valence-electron chi connectivity index (χ4n) is 14.8. The molecule has 0 radical (unpaired) electrons. The highest BCUT2D eigenvalue weighted by Crippen LogP contribution is 2.26. The maximum atomic E-state index is 11.4. The van der Waals surface area contributed by atoms with Crippen molar-refractivity contribution in [3.63, 3.8) is 0 Å². The molecule has 21 nitrogen and oxygen atoms in total. The highest BCUT2D eigenvalue weighted by molar-refractivity contribution is 7.99. The van der Waals surface area contributed by atoms with Crippen LogP contribution in [0.5, 0.6) is 0 Å². The number of piperidine rings is 2. The molecule has 0 saturated carbocycles. The van der Waals surface area contributed by atoms with E-state index in [4.69, 9.17) is 4.74 Å². The van der Waals surface area contributed by atoms with Gasteiger partial charge >= 0.3 is 0 Å². The zero-order chi connectivity index (χ0) is 84.7. The molecule has 0 spiro atoms. The molecule has 10 aliphatic heterocycles. The van der Waals surface area contributed by atoms with Crippen molar-refractivity contribution in [2.45, 2.75) is 328 Å². The number of hydrogen-bond acceptors (Lipinski definition) is 18. The minimum absolute atomic E-state index is 0.0253. The molecular weight excluding hydrogens is 1440 g/mol. The van der Waals surface area contributed by atoms with Crippen LogP contribution in [0.4, 0.5) is 0 Å². The number of sulfonamides is 2. The molecule has 10 fully saturated rings. The number of morpholine rings is 1. The standard InChI is InChI=1S/C10H20N2O.C10H22N2.C9H20N2O2S.C9H20N2.C9H17NO.C9H19N.C8H17NO.C8H17NS.C8H17N.C6H13NO2S/c1-9(13)11-5-7-12(8-6-11)10(2,3)4;1-5-11-6-8-12(9-7-11)10(2,3)4;1-9(2,3)10-5-7-11(8-6-10)14(4,12)13;1-9(2,3)11-7-5-10(4)6-8-11;1-9(2,3)10-7-5-4-6-8(10)11;1-9(2,3)10-7-5-4-6-8-10;2*1-8(2,3)9-4-6-10-7-5-9;1-8(2,3)9-6-4-5-7-9;1-6(2)7-4-3-5-10(7,8)9/h5-8H2,1-4H3;5-9H2,1-4H3;5-8H2,1-4H3;5-8H2,1-4H3;4-7H2,1-3H3;4-8H2,1-3H3;2*4-7H2,1-3H3;4-7H2,1-3H3;6H,3-5H2,1-2H3. The number of likely N-dealkylation sites (N-methyl/N-ethyl adjacent to an activating group) is 2. The van der Waals surface area contributed by atoms with Gasteiger partial charge in [0.05, 0.1) is 25.2 Å². The Morgan fingerprint density at radius 1 is 0.409 bits per heavy atom. The predicted molar refractivity (Wildman–Crippen MR) is 476 cm³/mol. The van der Waals surface area contributed by atoms with Crippen LogP contribution in [-0.2, 0) is 34.4 Å². The molecule has 110 heavy (non-hydrogen) atoms. The van der Waals surface area contributed by atoms with Gasteiger partial charge in [-0.05, 0) is 286 Å². The van der Waals surface area contributed by atoms with E-state index >= 15 is 0 Å². The number of ether oxygens (including phenoxy) is 1. The Bertz CT molecular complexity index is 2610. The number of amides is 2. The zero-order valence-corrected chi connectivity index (χ0v) is 80.9. The van der Waals surface area contributed by atoms with Crippen LogP contribution >= 0.6 is 11.8 Å². The Kier molecular flexibility index (Phi) is 47.2. The lowest BCUT2D eigenvalue weighted by Crippen LogP contribution is -2.54. The molecule has 0 aromatic heterocycles. The van der Waals surface area contributed by atoms with Gasteiger partial charge in [-0.15, -0.1) is 0 Å². The van der Waals surface area contributed by atoms with Gasteiger partial charge < -0.3 is 24.3 Å². The van der Waals surface area contributed by atoms with Crippen molar-refractivity contribution >= 4 is 43.6 Å². The van der Waals surface area contributed by atoms with Crippen molar-refractivity contribution in [2.75, 3.05) is 220 Å². The van der Waals surface area contributed by atoms with Gasteiger partial charge in [0.15, 0.2) is 0 Å². The summed E-state index contributed by atoms with van der Waals surface area (Å²) in [6.07, 6.45) is 12.1. The van der Waals surface area contributed by atoms with Crippen LogP contribution in [0, 0.1) is 0 Å². The normalized spacial score (nSPS) is 22.8. The number of rotatable bonds is 3. The van der Waals surface area contributed by atoms with E-state index in [-0.39, 0.29) is 28.6 Å². The maximum absolute atomic E-state index is 11.4. The first kappa shape index (κ1) is 107. The van der Waals surface area contributed by atoms with E-state index in [9.17, 15) is 26.4 Å². The van der Waals surface area contributed by atoms with Crippen molar-refractivity contribution < 1.29 is 31.2 Å². The number of nitrogens with zero attached hydrogens (tertiary/aromatic N) is 14. The van der Waals surface area contributed by atoms with Crippen LogP contribution in [0.3, 0.4) is 0 Å². The van der Waals surface area contributed by atoms with Crippen molar-refractivity contribution in [3.05, 3.63) is 0 Å². The third kappa shape index (κ3) is 44.5. The van der Waals surface area contributed by atoms with Crippen molar-refractivity contribution in [1.29, 1.82) is 0 Å². The van der Waals surface area contributed by atoms with E-state index < -0.39 is 20.0 Å². The van der Waals surface area contributed by atoms with Gasteiger partial charge in [0, 0.05) is 225 Å². The Hall–Kier alpha value is -1.33. The van der Waals surface area contributed by atoms with Crippen molar-refractivity contribution in [3.8, 4) is 0 Å². The Morgan fingerprint density at radius 2 is 0.727 bits per heavy atom. The first-order chi connectivity index (χ1) is 50.1. The van der Waals surface area contributed by atoms with Crippen LogP contribution in [0.1, 0.15) is 272 Å². The molecule has 0 aliphatic carbocycles. The summed E-state index contributed by atoms with van der Waals surface area (Å²) < 4.78 is 53.1. The molecule has 10 rings (SSSR count). The number of carbonyl (C=O) groups is 2.